The number of hydrogen-bond acceptors (Lipinski definition) is 6. The Labute approximate surface area is 284 Å². The molecule has 262 valence electrons. The van der Waals surface area contributed by atoms with Gasteiger partial charge in [0.25, 0.3) is 11.8 Å². The van der Waals surface area contributed by atoms with Gasteiger partial charge in [0.1, 0.15) is 28.4 Å². The number of rotatable bonds is 11. The van der Waals surface area contributed by atoms with E-state index in [1.54, 1.807) is 53.8 Å². The van der Waals surface area contributed by atoms with Crippen LogP contribution >= 0.6 is 11.8 Å². The molecule has 0 aliphatic heterocycles. The van der Waals surface area contributed by atoms with E-state index in [-0.39, 0.29) is 16.9 Å². The van der Waals surface area contributed by atoms with Gasteiger partial charge >= 0.3 is 6.18 Å². The Hall–Kier alpha value is -5.51. The van der Waals surface area contributed by atoms with Crippen LogP contribution in [0.4, 0.5) is 42.1 Å². The number of methoxy groups -OCH3 is 2. The molecule has 0 heterocycles. The highest BCUT2D eigenvalue weighted by Crippen LogP contribution is 2.39. The van der Waals surface area contributed by atoms with E-state index < -0.39 is 63.7 Å². The molecule has 4 rings (SSSR count). The minimum absolute atomic E-state index is 0.175. The first-order valence-corrected chi connectivity index (χ1v) is 15.1. The Kier molecular flexibility index (Phi) is 11.8. The van der Waals surface area contributed by atoms with E-state index in [1.807, 2.05) is 0 Å². The average molecular weight is 722 g/mol. The lowest BCUT2D eigenvalue weighted by Crippen LogP contribution is -2.30. The second kappa shape index (κ2) is 15.8. The van der Waals surface area contributed by atoms with Gasteiger partial charge in [0.15, 0.2) is 23.3 Å². The number of benzene rings is 4. The summed E-state index contributed by atoms with van der Waals surface area (Å²) in [4.78, 5) is 39.6. The summed E-state index contributed by atoms with van der Waals surface area (Å²) in [5.41, 5.74) is -3.88. The molecule has 0 saturated carbocycles. The molecule has 4 aromatic carbocycles. The molecule has 50 heavy (non-hydrogen) atoms. The SMILES string of the molecule is COc1ccc(OC)c(/C=C(/NC(=O)c2ccccc2)C(=O)Nc2cccc(SC(C)C(=O)Nc3c(F)c(F)c(C(F)(F)F)c(F)c3F)c2)c1. The molecule has 0 aliphatic carbocycles. The highest BCUT2D eigenvalue weighted by atomic mass is 32.2. The Balaban J connectivity index is 1.56. The number of anilines is 2. The fourth-order valence-corrected chi connectivity index (χ4v) is 5.29. The number of carbonyl (C=O) groups excluding carboxylic acids is 3. The predicted octanol–water partition coefficient (Wildman–Crippen LogP) is 7.81. The molecular weight excluding hydrogens is 695 g/mol. The molecule has 0 saturated heterocycles. The standard InChI is InChI=1S/C34H26F7N3O5S/c1-17(31(45)44-30-28(37)26(35)25(34(39,40)41)27(36)29(30)38)50-22-11-7-10-20(16-22)42-33(47)23(43-32(46)18-8-5-4-6-9-18)15-19-14-21(48-2)12-13-24(19)49-3/h4-17H,1-3H3,(H,42,47)(H,43,46)(H,44,45)/b23-15+. The monoisotopic (exact) mass is 721 g/mol. The molecule has 4 aromatic rings. The van der Waals surface area contributed by atoms with Crippen molar-refractivity contribution in [3.63, 3.8) is 0 Å². The summed E-state index contributed by atoms with van der Waals surface area (Å²) < 4.78 is 106. The molecule has 0 fully saturated rings. The molecular formula is C34H26F7N3O5S. The molecule has 1 atom stereocenters. The van der Waals surface area contributed by atoms with Gasteiger partial charge in [0.2, 0.25) is 5.91 Å². The van der Waals surface area contributed by atoms with Crippen LogP contribution in [0.25, 0.3) is 6.08 Å². The van der Waals surface area contributed by atoms with Crippen molar-refractivity contribution in [1.82, 2.24) is 5.32 Å². The van der Waals surface area contributed by atoms with Crippen LogP contribution in [-0.4, -0.2) is 37.2 Å². The van der Waals surface area contributed by atoms with Crippen molar-refractivity contribution in [3.8, 4) is 11.5 Å². The number of ether oxygens (including phenoxy) is 2. The zero-order valence-electron chi connectivity index (χ0n) is 26.2. The number of hydrogen-bond donors (Lipinski definition) is 3. The first kappa shape index (κ1) is 37.3. The summed E-state index contributed by atoms with van der Waals surface area (Å²) in [5.74, 6) is -12.1. The second-order valence-corrected chi connectivity index (χ2v) is 11.6. The van der Waals surface area contributed by atoms with Crippen LogP contribution in [0, 0.1) is 23.3 Å². The van der Waals surface area contributed by atoms with Crippen molar-refractivity contribution in [1.29, 1.82) is 0 Å². The zero-order chi connectivity index (χ0) is 36.7. The molecule has 8 nitrogen and oxygen atoms in total. The van der Waals surface area contributed by atoms with E-state index in [0.29, 0.717) is 22.0 Å². The van der Waals surface area contributed by atoms with Crippen molar-refractivity contribution >= 4 is 46.9 Å². The van der Waals surface area contributed by atoms with Gasteiger partial charge in [-0.25, -0.2) is 17.6 Å². The fraction of sp³-hybridized carbons (Fsp3) is 0.147. The van der Waals surface area contributed by atoms with E-state index in [2.05, 4.69) is 10.6 Å². The molecule has 16 heteroatoms. The summed E-state index contributed by atoms with van der Waals surface area (Å²) in [6.07, 6.45) is -4.37. The van der Waals surface area contributed by atoms with Crippen LogP contribution in [0.15, 0.2) is 83.4 Å². The van der Waals surface area contributed by atoms with Gasteiger partial charge in [-0.1, -0.05) is 24.3 Å². The highest BCUT2D eigenvalue weighted by molar-refractivity contribution is 8.00. The van der Waals surface area contributed by atoms with Crippen molar-refractivity contribution < 1.29 is 54.6 Å². The smallest absolute Gasteiger partial charge is 0.422 e. The number of amides is 3. The van der Waals surface area contributed by atoms with Crippen molar-refractivity contribution in [3.05, 3.63) is 118 Å². The number of halogens is 7. The van der Waals surface area contributed by atoms with Gasteiger partial charge < -0.3 is 25.4 Å². The normalized spacial score (nSPS) is 12.2. The molecule has 3 N–H and O–H groups in total. The van der Waals surface area contributed by atoms with Crippen LogP contribution < -0.4 is 25.4 Å². The Bertz CT molecular complexity index is 1930. The third kappa shape index (κ3) is 8.74. The summed E-state index contributed by atoms with van der Waals surface area (Å²) in [5, 5.41) is 5.58. The van der Waals surface area contributed by atoms with Gasteiger partial charge in [0.05, 0.1) is 19.5 Å². The lowest BCUT2D eigenvalue weighted by molar-refractivity contribution is -0.143. The zero-order valence-corrected chi connectivity index (χ0v) is 27.0. The minimum atomic E-state index is -5.74. The Morgan fingerprint density at radius 2 is 1.46 bits per heavy atom. The van der Waals surface area contributed by atoms with Gasteiger partial charge in [0, 0.05) is 21.7 Å². The van der Waals surface area contributed by atoms with Crippen LogP contribution in [0.2, 0.25) is 0 Å². The van der Waals surface area contributed by atoms with Gasteiger partial charge in [-0.05, 0) is 61.5 Å². The van der Waals surface area contributed by atoms with Crippen molar-refractivity contribution in [2.24, 2.45) is 0 Å². The molecule has 0 spiro atoms. The quantitative estimate of drug-likeness (QED) is 0.0632. The highest BCUT2D eigenvalue weighted by Gasteiger charge is 2.42. The number of alkyl halides is 3. The molecule has 0 bridgehead atoms. The van der Waals surface area contributed by atoms with Crippen LogP contribution in [-0.2, 0) is 15.8 Å². The lowest BCUT2D eigenvalue weighted by atomic mass is 10.1. The predicted molar refractivity (Wildman–Crippen MR) is 172 cm³/mol. The molecule has 0 radical (unpaired) electrons. The van der Waals surface area contributed by atoms with Crippen LogP contribution in [0.1, 0.15) is 28.4 Å². The molecule has 0 aliphatic rings. The third-order valence-electron chi connectivity index (χ3n) is 6.83. The van der Waals surface area contributed by atoms with Crippen molar-refractivity contribution in [2.75, 3.05) is 24.9 Å². The minimum Gasteiger partial charge on any atom is -0.497 e. The fourth-order valence-electron chi connectivity index (χ4n) is 4.37. The maximum atomic E-state index is 14.3. The van der Waals surface area contributed by atoms with Crippen LogP contribution in [0.5, 0.6) is 11.5 Å². The maximum absolute atomic E-state index is 14.3. The average Bonchev–Trinajstić information content (AvgIpc) is 3.08. The second-order valence-electron chi connectivity index (χ2n) is 10.2. The van der Waals surface area contributed by atoms with Gasteiger partial charge in [-0.3, -0.25) is 14.4 Å². The molecule has 3 amide bonds. The van der Waals surface area contributed by atoms with Gasteiger partial charge in [-0.2, -0.15) is 13.2 Å². The molecule has 1 unspecified atom stereocenters. The number of nitrogens with one attached hydrogen (secondary N) is 3. The first-order valence-electron chi connectivity index (χ1n) is 14.3. The van der Waals surface area contributed by atoms with E-state index >= 15 is 0 Å². The summed E-state index contributed by atoms with van der Waals surface area (Å²) in [6, 6.07) is 18.8. The third-order valence-corrected chi connectivity index (χ3v) is 7.93. The van der Waals surface area contributed by atoms with E-state index in [9.17, 15) is 45.1 Å². The first-order chi connectivity index (χ1) is 23.6. The van der Waals surface area contributed by atoms with Crippen molar-refractivity contribution in [2.45, 2.75) is 23.2 Å². The van der Waals surface area contributed by atoms with Crippen LogP contribution in [0.3, 0.4) is 0 Å². The van der Waals surface area contributed by atoms with E-state index in [1.165, 1.54) is 51.5 Å². The topological polar surface area (TPSA) is 106 Å². The van der Waals surface area contributed by atoms with Gasteiger partial charge in [-0.15, -0.1) is 11.8 Å². The maximum Gasteiger partial charge on any atom is 0.422 e. The lowest BCUT2D eigenvalue weighted by Gasteiger charge is -2.17. The summed E-state index contributed by atoms with van der Waals surface area (Å²) in [6.45, 7) is 1.25. The summed E-state index contributed by atoms with van der Waals surface area (Å²) >= 11 is 0.777. The number of carbonyl (C=O) groups is 3. The Morgan fingerprint density at radius 3 is 2.06 bits per heavy atom. The Morgan fingerprint density at radius 1 is 0.800 bits per heavy atom. The van der Waals surface area contributed by atoms with E-state index in [4.69, 9.17) is 9.47 Å². The largest absolute Gasteiger partial charge is 0.497 e. The molecule has 0 aromatic heterocycles. The summed E-state index contributed by atoms with van der Waals surface area (Å²) in [7, 11) is 2.86. The van der Waals surface area contributed by atoms with E-state index in [0.717, 1.165) is 11.8 Å². The number of thioether (sulfide) groups is 1.